The normalized spacial score (nSPS) is 14.6. The molecule has 0 amide bonds. The summed E-state index contributed by atoms with van der Waals surface area (Å²) in [4.78, 5) is 24.3. The Hall–Kier alpha value is -0.780. The lowest BCUT2D eigenvalue weighted by atomic mass is 9.86. The Morgan fingerprint density at radius 2 is 1.11 bits per heavy atom. The van der Waals surface area contributed by atoms with Crippen LogP contribution in [0.3, 0.4) is 0 Å². The third-order valence-corrected chi connectivity index (χ3v) is 5.52. The number of unbranched alkanes of at least 4 members (excludes halogenated alkanes) is 12. The standard InChI is InChI=1S/C23H44O5/c1-3-5-7-8-9-10-11-12-13-14-16-18-21(26)23(28,19-24)22(27)20(25)17-15-6-4-2/h22,24,27-28H,3-19H2,1-2H3. The van der Waals surface area contributed by atoms with Crippen molar-refractivity contribution < 1.29 is 24.9 Å². The van der Waals surface area contributed by atoms with Gasteiger partial charge in [0.2, 0.25) is 0 Å². The first-order valence-corrected chi connectivity index (χ1v) is 11.5. The molecule has 5 heteroatoms. The van der Waals surface area contributed by atoms with Gasteiger partial charge >= 0.3 is 0 Å². The molecule has 0 aliphatic rings. The summed E-state index contributed by atoms with van der Waals surface area (Å²) in [5.41, 5.74) is -2.36. The minimum absolute atomic E-state index is 0.0768. The van der Waals surface area contributed by atoms with E-state index in [0.29, 0.717) is 12.8 Å². The van der Waals surface area contributed by atoms with Crippen LogP contribution in [0, 0.1) is 0 Å². The first kappa shape index (κ1) is 27.2. The lowest BCUT2D eigenvalue weighted by molar-refractivity contribution is -0.165. The fourth-order valence-corrected chi connectivity index (χ4v) is 3.45. The molecule has 0 fully saturated rings. The molecule has 28 heavy (non-hydrogen) atoms. The van der Waals surface area contributed by atoms with Crippen LogP contribution in [-0.2, 0) is 9.59 Å². The van der Waals surface area contributed by atoms with E-state index in [0.717, 1.165) is 32.1 Å². The van der Waals surface area contributed by atoms with Crippen LogP contribution in [0.1, 0.15) is 117 Å². The molecule has 5 nitrogen and oxygen atoms in total. The van der Waals surface area contributed by atoms with E-state index in [1.165, 1.54) is 44.9 Å². The van der Waals surface area contributed by atoms with Gasteiger partial charge in [-0.2, -0.15) is 0 Å². The van der Waals surface area contributed by atoms with Crippen molar-refractivity contribution in [1.29, 1.82) is 0 Å². The summed E-state index contributed by atoms with van der Waals surface area (Å²) in [6.07, 6.45) is 13.4. The highest BCUT2D eigenvalue weighted by Gasteiger charge is 2.45. The quantitative estimate of drug-likeness (QED) is 0.262. The molecule has 2 unspecified atom stereocenters. The van der Waals surface area contributed by atoms with Crippen LogP contribution in [0.15, 0.2) is 0 Å². The van der Waals surface area contributed by atoms with E-state index in [9.17, 15) is 24.9 Å². The number of hydrogen-bond acceptors (Lipinski definition) is 5. The van der Waals surface area contributed by atoms with E-state index in [1.54, 1.807) is 0 Å². The summed E-state index contributed by atoms with van der Waals surface area (Å²) in [6, 6.07) is 0. The summed E-state index contributed by atoms with van der Waals surface area (Å²) >= 11 is 0. The first-order chi connectivity index (χ1) is 13.4. The van der Waals surface area contributed by atoms with E-state index in [2.05, 4.69) is 6.92 Å². The van der Waals surface area contributed by atoms with Crippen molar-refractivity contribution in [1.82, 2.24) is 0 Å². The number of hydrogen-bond donors (Lipinski definition) is 3. The van der Waals surface area contributed by atoms with Crippen molar-refractivity contribution in [2.75, 3.05) is 6.61 Å². The first-order valence-electron chi connectivity index (χ1n) is 11.5. The molecule has 0 heterocycles. The van der Waals surface area contributed by atoms with Crippen LogP contribution in [0.25, 0.3) is 0 Å². The molecule has 2 atom stereocenters. The van der Waals surface area contributed by atoms with Gasteiger partial charge in [0.15, 0.2) is 23.3 Å². The molecule has 3 N–H and O–H groups in total. The van der Waals surface area contributed by atoms with Gasteiger partial charge in [-0.3, -0.25) is 9.59 Å². The summed E-state index contributed by atoms with van der Waals surface area (Å²) < 4.78 is 0. The summed E-state index contributed by atoms with van der Waals surface area (Å²) in [5, 5.41) is 29.9. The molecule has 0 rings (SSSR count). The van der Waals surface area contributed by atoms with E-state index in [1.807, 2.05) is 6.92 Å². The molecule has 0 aromatic carbocycles. The molecule has 0 aliphatic heterocycles. The molecule has 166 valence electrons. The molecule has 0 bridgehead atoms. The van der Waals surface area contributed by atoms with Crippen molar-refractivity contribution >= 4 is 11.6 Å². The van der Waals surface area contributed by atoms with Gasteiger partial charge in [-0.05, 0) is 12.8 Å². The van der Waals surface area contributed by atoms with Crippen LogP contribution in [-0.4, -0.2) is 45.2 Å². The van der Waals surface area contributed by atoms with Crippen LogP contribution < -0.4 is 0 Å². The molecule has 0 saturated carbocycles. The lowest BCUT2D eigenvalue weighted by Gasteiger charge is -2.28. The second kappa shape index (κ2) is 17.1. The number of aliphatic hydroxyl groups excluding tert-OH is 2. The van der Waals surface area contributed by atoms with Crippen molar-refractivity contribution in [3.05, 3.63) is 0 Å². The molecular formula is C23H44O5. The van der Waals surface area contributed by atoms with Gasteiger partial charge in [0.25, 0.3) is 0 Å². The molecule has 0 aromatic heterocycles. The zero-order valence-electron chi connectivity index (χ0n) is 18.3. The number of carbonyl (C=O) groups excluding carboxylic acids is 2. The number of rotatable bonds is 20. The SMILES string of the molecule is CCCCCCCCCCCCCC(=O)C(O)(CO)C(O)C(=O)CCCCC. The van der Waals surface area contributed by atoms with Crippen molar-refractivity contribution in [2.45, 2.75) is 128 Å². The minimum atomic E-state index is -2.36. The minimum Gasteiger partial charge on any atom is -0.393 e. The van der Waals surface area contributed by atoms with E-state index in [-0.39, 0.29) is 12.8 Å². The Bertz CT molecular complexity index is 410. The highest BCUT2D eigenvalue weighted by molar-refractivity contribution is 5.96. The predicted octanol–water partition coefficient (Wildman–Crippen LogP) is 4.49. The van der Waals surface area contributed by atoms with Crippen LogP contribution in [0.2, 0.25) is 0 Å². The smallest absolute Gasteiger partial charge is 0.178 e. The second-order valence-electron chi connectivity index (χ2n) is 8.12. The molecule has 0 aliphatic carbocycles. The van der Waals surface area contributed by atoms with Gasteiger partial charge in [-0.25, -0.2) is 0 Å². The lowest BCUT2D eigenvalue weighted by Crippen LogP contribution is -2.55. The van der Waals surface area contributed by atoms with Crippen molar-refractivity contribution in [3.63, 3.8) is 0 Å². The Morgan fingerprint density at radius 1 is 0.714 bits per heavy atom. The number of carbonyl (C=O) groups is 2. The van der Waals surface area contributed by atoms with Gasteiger partial charge in [-0.1, -0.05) is 90.9 Å². The Kier molecular flexibility index (Phi) is 16.6. The van der Waals surface area contributed by atoms with E-state index in [4.69, 9.17) is 0 Å². The molecule has 0 saturated heterocycles. The summed E-state index contributed by atoms with van der Waals surface area (Å²) in [5.74, 6) is -1.21. The second-order valence-corrected chi connectivity index (χ2v) is 8.12. The Morgan fingerprint density at radius 3 is 1.57 bits per heavy atom. The summed E-state index contributed by atoms with van der Waals surface area (Å²) in [7, 11) is 0. The third kappa shape index (κ3) is 11.3. The average molecular weight is 401 g/mol. The topological polar surface area (TPSA) is 94.8 Å². The van der Waals surface area contributed by atoms with E-state index >= 15 is 0 Å². The average Bonchev–Trinajstić information content (AvgIpc) is 2.70. The maximum absolute atomic E-state index is 12.3. The molecular weight excluding hydrogens is 356 g/mol. The van der Waals surface area contributed by atoms with Gasteiger partial charge < -0.3 is 15.3 Å². The summed E-state index contributed by atoms with van der Waals surface area (Å²) in [6.45, 7) is 3.30. The molecule has 0 spiro atoms. The van der Waals surface area contributed by atoms with Gasteiger partial charge in [0.05, 0.1) is 6.61 Å². The maximum atomic E-state index is 12.3. The Labute approximate surface area is 171 Å². The van der Waals surface area contributed by atoms with Gasteiger partial charge in [0.1, 0.15) is 0 Å². The number of aliphatic hydroxyl groups is 3. The monoisotopic (exact) mass is 400 g/mol. The van der Waals surface area contributed by atoms with Crippen molar-refractivity contribution in [2.24, 2.45) is 0 Å². The predicted molar refractivity (Wildman–Crippen MR) is 113 cm³/mol. The Balaban J connectivity index is 4.01. The van der Waals surface area contributed by atoms with Gasteiger partial charge in [0, 0.05) is 12.8 Å². The number of Topliss-reactive ketones (excluding diaryl/α,β-unsaturated/α-hetero) is 2. The highest BCUT2D eigenvalue weighted by Crippen LogP contribution is 2.20. The van der Waals surface area contributed by atoms with Crippen LogP contribution >= 0.6 is 0 Å². The van der Waals surface area contributed by atoms with E-state index < -0.39 is 29.9 Å². The fraction of sp³-hybridized carbons (Fsp3) is 0.913. The largest absolute Gasteiger partial charge is 0.393 e. The third-order valence-electron chi connectivity index (χ3n) is 5.52. The molecule has 0 radical (unpaired) electrons. The van der Waals surface area contributed by atoms with Gasteiger partial charge in [-0.15, -0.1) is 0 Å². The highest BCUT2D eigenvalue weighted by atomic mass is 16.4. The zero-order chi connectivity index (χ0) is 21.3. The molecule has 0 aromatic rings. The van der Waals surface area contributed by atoms with Crippen molar-refractivity contribution in [3.8, 4) is 0 Å². The van der Waals surface area contributed by atoms with Crippen LogP contribution in [0.5, 0.6) is 0 Å². The fourth-order valence-electron chi connectivity index (χ4n) is 3.45. The maximum Gasteiger partial charge on any atom is 0.178 e. The number of ketones is 2. The zero-order valence-corrected chi connectivity index (χ0v) is 18.3. The van der Waals surface area contributed by atoms with Crippen LogP contribution in [0.4, 0.5) is 0 Å².